The van der Waals surface area contributed by atoms with Crippen LogP contribution in [0.5, 0.6) is 0 Å². The van der Waals surface area contributed by atoms with Crippen molar-refractivity contribution >= 4 is 45.8 Å². The fourth-order valence-electron chi connectivity index (χ4n) is 2.77. The van der Waals surface area contributed by atoms with Crippen LogP contribution in [0.1, 0.15) is 21.6 Å². The van der Waals surface area contributed by atoms with Crippen LogP contribution in [0.3, 0.4) is 0 Å². The molecule has 3 amide bonds. The van der Waals surface area contributed by atoms with E-state index in [4.69, 9.17) is 0 Å². The van der Waals surface area contributed by atoms with Gasteiger partial charge in [-0.1, -0.05) is 30.3 Å². The molecule has 3 rings (SSSR count). The summed E-state index contributed by atoms with van der Waals surface area (Å²) in [6.07, 6.45) is 0.150. The fourth-order valence-corrected chi connectivity index (χ4v) is 3.48. The largest absolute Gasteiger partial charge is 0.468 e. The first kappa shape index (κ1) is 23.6. The van der Waals surface area contributed by atoms with Crippen molar-refractivity contribution in [1.82, 2.24) is 10.3 Å². The Morgan fingerprint density at radius 2 is 1.64 bits per heavy atom. The summed E-state index contributed by atoms with van der Waals surface area (Å²) in [7, 11) is 1.25. The van der Waals surface area contributed by atoms with Gasteiger partial charge in [-0.2, -0.15) is 0 Å². The Balaban J connectivity index is 1.46. The molecule has 0 saturated heterocycles. The van der Waals surface area contributed by atoms with Crippen LogP contribution < -0.4 is 16.0 Å². The minimum absolute atomic E-state index is 0.0510. The fraction of sp³-hybridized carbons (Fsp3) is 0.174. The average molecular weight is 467 g/mol. The quantitative estimate of drug-likeness (QED) is 0.416. The second kappa shape index (κ2) is 11.5. The molecule has 0 saturated carbocycles. The van der Waals surface area contributed by atoms with Crippen molar-refractivity contribution < 1.29 is 23.9 Å². The molecule has 33 heavy (non-hydrogen) atoms. The Morgan fingerprint density at radius 1 is 0.909 bits per heavy atom. The van der Waals surface area contributed by atoms with E-state index < -0.39 is 5.97 Å². The van der Waals surface area contributed by atoms with Gasteiger partial charge in [0.05, 0.1) is 25.6 Å². The monoisotopic (exact) mass is 466 g/mol. The van der Waals surface area contributed by atoms with Gasteiger partial charge in [-0.3, -0.25) is 24.5 Å². The summed E-state index contributed by atoms with van der Waals surface area (Å²) < 4.78 is 4.47. The summed E-state index contributed by atoms with van der Waals surface area (Å²) in [5.41, 5.74) is 2.37. The van der Waals surface area contributed by atoms with Gasteiger partial charge >= 0.3 is 5.97 Å². The lowest BCUT2D eigenvalue weighted by Crippen LogP contribution is -2.31. The summed E-state index contributed by atoms with van der Waals surface area (Å²) in [5, 5.41) is 10.1. The van der Waals surface area contributed by atoms with Crippen molar-refractivity contribution in [2.45, 2.75) is 12.8 Å². The molecule has 9 nitrogen and oxygen atoms in total. The lowest BCUT2D eigenvalue weighted by atomic mass is 10.1. The number of hydrogen-bond donors (Lipinski definition) is 3. The first-order chi connectivity index (χ1) is 15.9. The molecular weight excluding hydrogens is 444 g/mol. The van der Waals surface area contributed by atoms with Crippen molar-refractivity contribution in [3.63, 3.8) is 0 Å². The second-order valence-electron chi connectivity index (χ2n) is 6.92. The molecule has 0 spiro atoms. The number of hydrogen-bond acceptors (Lipinski definition) is 7. The number of amides is 3. The Kier molecular flexibility index (Phi) is 8.25. The minimum Gasteiger partial charge on any atom is -0.468 e. The highest BCUT2D eigenvalue weighted by atomic mass is 32.1. The number of ether oxygens (including phenoxy) is 1. The van der Waals surface area contributed by atoms with Gasteiger partial charge < -0.3 is 15.4 Å². The third kappa shape index (κ3) is 7.54. The number of rotatable bonds is 9. The SMILES string of the molecule is COC(=O)CNC(=O)Cc1ccc(NC(=O)Cc2csc(NC(=O)c3ccccc3)n2)cc1. The molecule has 0 bridgehead atoms. The lowest BCUT2D eigenvalue weighted by Gasteiger charge is -2.07. The number of carbonyl (C=O) groups is 4. The van der Waals surface area contributed by atoms with Gasteiger partial charge in [0.25, 0.3) is 5.91 Å². The van der Waals surface area contributed by atoms with Crippen molar-refractivity contribution in [1.29, 1.82) is 0 Å². The molecule has 170 valence electrons. The number of nitrogens with zero attached hydrogens (tertiary/aromatic N) is 1. The molecular formula is C23H22N4O5S. The molecule has 10 heteroatoms. The highest BCUT2D eigenvalue weighted by molar-refractivity contribution is 7.14. The number of esters is 1. The number of anilines is 2. The maximum Gasteiger partial charge on any atom is 0.325 e. The summed E-state index contributed by atoms with van der Waals surface area (Å²) in [6.45, 7) is -0.183. The number of carbonyl (C=O) groups excluding carboxylic acids is 4. The molecule has 0 aliphatic rings. The van der Waals surface area contributed by atoms with E-state index >= 15 is 0 Å². The van der Waals surface area contributed by atoms with E-state index in [1.165, 1.54) is 18.4 Å². The summed E-state index contributed by atoms with van der Waals surface area (Å²) in [6, 6.07) is 15.6. The van der Waals surface area contributed by atoms with E-state index in [9.17, 15) is 19.2 Å². The summed E-state index contributed by atoms with van der Waals surface area (Å²) in [4.78, 5) is 51.7. The van der Waals surface area contributed by atoms with E-state index in [0.29, 0.717) is 22.1 Å². The Hall–Kier alpha value is -4.05. The molecule has 1 aromatic heterocycles. The van der Waals surface area contributed by atoms with Crippen LogP contribution in [0.4, 0.5) is 10.8 Å². The van der Waals surface area contributed by atoms with Crippen molar-refractivity contribution in [2.24, 2.45) is 0 Å². The van der Waals surface area contributed by atoms with Crippen LogP contribution in [0.25, 0.3) is 0 Å². The van der Waals surface area contributed by atoms with Crippen molar-refractivity contribution in [2.75, 3.05) is 24.3 Å². The minimum atomic E-state index is -0.521. The first-order valence-electron chi connectivity index (χ1n) is 9.96. The van der Waals surface area contributed by atoms with Gasteiger partial charge in [0.15, 0.2) is 5.13 Å². The van der Waals surface area contributed by atoms with Gasteiger partial charge in [0, 0.05) is 16.6 Å². The number of methoxy groups -OCH3 is 1. The van der Waals surface area contributed by atoms with Crippen LogP contribution in [0.15, 0.2) is 60.0 Å². The molecule has 3 N–H and O–H groups in total. The zero-order valence-corrected chi connectivity index (χ0v) is 18.6. The second-order valence-corrected chi connectivity index (χ2v) is 7.77. The summed E-state index contributed by atoms with van der Waals surface area (Å²) >= 11 is 1.25. The van der Waals surface area contributed by atoms with Gasteiger partial charge in [-0.05, 0) is 29.8 Å². The van der Waals surface area contributed by atoms with E-state index in [-0.39, 0.29) is 37.1 Å². The molecule has 0 fully saturated rings. The smallest absolute Gasteiger partial charge is 0.325 e. The maximum absolute atomic E-state index is 12.3. The average Bonchev–Trinajstić information content (AvgIpc) is 3.25. The Bertz CT molecular complexity index is 1130. The van der Waals surface area contributed by atoms with Crippen molar-refractivity contribution in [3.05, 3.63) is 76.8 Å². The van der Waals surface area contributed by atoms with E-state index in [1.54, 1.807) is 53.9 Å². The van der Waals surface area contributed by atoms with Crippen molar-refractivity contribution in [3.8, 4) is 0 Å². The number of nitrogens with one attached hydrogen (secondary N) is 3. The first-order valence-corrected chi connectivity index (χ1v) is 10.8. The van der Waals surface area contributed by atoms with E-state index in [0.717, 1.165) is 5.56 Å². The van der Waals surface area contributed by atoms with Crippen LogP contribution in [-0.2, 0) is 32.0 Å². The normalized spacial score (nSPS) is 10.2. The summed E-state index contributed by atoms with van der Waals surface area (Å²) in [5.74, 6) is -1.35. The molecule has 2 aromatic carbocycles. The predicted molar refractivity (Wildman–Crippen MR) is 124 cm³/mol. The standard InChI is InChI=1S/C23H22N4O5S/c1-32-21(30)13-24-19(28)11-15-7-9-17(10-8-15)25-20(29)12-18-14-33-23(26-18)27-22(31)16-5-3-2-4-6-16/h2-10,14H,11-13H2,1H3,(H,24,28)(H,25,29)(H,26,27,31). The Morgan fingerprint density at radius 3 is 2.33 bits per heavy atom. The maximum atomic E-state index is 12.3. The zero-order valence-electron chi connectivity index (χ0n) is 17.8. The molecule has 0 aliphatic carbocycles. The van der Waals surface area contributed by atoms with Crippen LogP contribution in [-0.4, -0.2) is 42.3 Å². The van der Waals surface area contributed by atoms with Gasteiger partial charge in [-0.15, -0.1) is 11.3 Å². The van der Waals surface area contributed by atoms with E-state index in [1.807, 2.05) is 6.07 Å². The number of benzene rings is 2. The third-order valence-corrected chi connectivity index (χ3v) is 5.22. The zero-order chi connectivity index (χ0) is 23.6. The Labute approximate surface area is 194 Å². The highest BCUT2D eigenvalue weighted by Gasteiger charge is 2.12. The molecule has 3 aromatic rings. The van der Waals surface area contributed by atoms with E-state index in [2.05, 4.69) is 25.7 Å². The van der Waals surface area contributed by atoms with Gasteiger partial charge in [0.2, 0.25) is 11.8 Å². The molecule has 0 aliphatic heterocycles. The van der Waals surface area contributed by atoms with Crippen LogP contribution >= 0.6 is 11.3 Å². The molecule has 0 atom stereocenters. The topological polar surface area (TPSA) is 126 Å². The van der Waals surface area contributed by atoms with Gasteiger partial charge in [-0.25, -0.2) is 4.98 Å². The molecule has 1 heterocycles. The predicted octanol–water partition coefficient (Wildman–Crippen LogP) is 2.41. The number of aromatic nitrogens is 1. The number of thiazole rings is 1. The third-order valence-electron chi connectivity index (χ3n) is 4.41. The van der Waals surface area contributed by atoms with Crippen LogP contribution in [0.2, 0.25) is 0 Å². The molecule has 0 unspecified atom stereocenters. The highest BCUT2D eigenvalue weighted by Crippen LogP contribution is 2.18. The van der Waals surface area contributed by atoms with Crippen LogP contribution in [0, 0.1) is 0 Å². The molecule has 0 radical (unpaired) electrons. The van der Waals surface area contributed by atoms with Gasteiger partial charge in [0.1, 0.15) is 6.54 Å². The lowest BCUT2D eigenvalue weighted by molar-refractivity contribution is -0.141.